The number of ether oxygens (including phenoxy) is 1. The van der Waals surface area contributed by atoms with E-state index in [2.05, 4.69) is 4.90 Å². The van der Waals surface area contributed by atoms with Gasteiger partial charge in [0.05, 0.1) is 6.61 Å². The third-order valence-corrected chi connectivity index (χ3v) is 4.05. The lowest BCUT2D eigenvalue weighted by Gasteiger charge is -2.34. The highest BCUT2D eigenvalue weighted by molar-refractivity contribution is 5.85. The first-order valence-electron chi connectivity index (χ1n) is 6.95. The second kappa shape index (κ2) is 5.58. The molecule has 108 valence electrons. The van der Waals surface area contributed by atoms with Crippen molar-refractivity contribution in [1.82, 2.24) is 4.90 Å². The molecule has 2 unspecified atom stereocenters. The van der Waals surface area contributed by atoms with Gasteiger partial charge in [0, 0.05) is 25.1 Å². The number of hydrogen-bond donors (Lipinski definition) is 0. The number of halogens is 2. The van der Waals surface area contributed by atoms with E-state index in [-0.39, 0.29) is 12.2 Å². The van der Waals surface area contributed by atoms with Gasteiger partial charge >= 0.3 is 0 Å². The van der Waals surface area contributed by atoms with E-state index in [1.807, 2.05) is 0 Å². The summed E-state index contributed by atoms with van der Waals surface area (Å²) in [5.41, 5.74) is 0.361. The maximum atomic E-state index is 13.1. The van der Waals surface area contributed by atoms with Crippen molar-refractivity contribution in [3.63, 3.8) is 0 Å². The van der Waals surface area contributed by atoms with Crippen LogP contribution in [-0.4, -0.2) is 42.5 Å². The first kappa shape index (κ1) is 13.6. The molecule has 5 heteroatoms. The van der Waals surface area contributed by atoms with Crippen LogP contribution in [0.25, 0.3) is 0 Å². The third kappa shape index (κ3) is 2.88. The van der Waals surface area contributed by atoms with Gasteiger partial charge in [-0.25, -0.2) is 8.78 Å². The first-order valence-corrected chi connectivity index (χ1v) is 6.95. The van der Waals surface area contributed by atoms with Crippen molar-refractivity contribution in [3.8, 4) is 0 Å². The Bertz CT molecular complexity index is 500. The Hall–Kier alpha value is -1.33. The normalized spacial score (nSPS) is 26.5. The highest BCUT2D eigenvalue weighted by Gasteiger charge is 2.35. The molecule has 20 heavy (non-hydrogen) atoms. The molecule has 2 heterocycles. The molecular formula is C15H17F2NO2. The van der Waals surface area contributed by atoms with Crippen molar-refractivity contribution >= 4 is 5.78 Å². The lowest BCUT2D eigenvalue weighted by Crippen LogP contribution is -2.49. The summed E-state index contributed by atoms with van der Waals surface area (Å²) in [5, 5.41) is 0. The van der Waals surface area contributed by atoms with E-state index in [0.717, 1.165) is 25.5 Å². The highest BCUT2D eigenvalue weighted by atomic mass is 19.1. The summed E-state index contributed by atoms with van der Waals surface area (Å²) >= 11 is 0. The van der Waals surface area contributed by atoms with Gasteiger partial charge in [0.2, 0.25) is 0 Å². The van der Waals surface area contributed by atoms with Crippen molar-refractivity contribution in [2.75, 3.05) is 19.7 Å². The Labute approximate surface area is 116 Å². The smallest absolute Gasteiger partial charge is 0.167 e. The molecule has 0 spiro atoms. The summed E-state index contributed by atoms with van der Waals surface area (Å²) in [5.74, 6) is -1.42. The average molecular weight is 281 g/mol. The molecule has 1 aromatic rings. The van der Waals surface area contributed by atoms with Crippen molar-refractivity contribution in [2.24, 2.45) is 0 Å². The molecule has 2 atom stereocenters. The van der Waals surface area contributed by atoms with E-state index in [0.29, 0.717) is 24.8 Å². The topological polar surface area (TPSA) is 29.5 Å². The van der Waals surface area contributed by atoms with E-state index in [1.54, 1.807) is 0 Å². The van der Waals surface area contributed by atoms with Gasteiger partial charge in [0.1, 0.15) is 17.7 Å². The number of ketones is 1. The SMILES string of the molecule is O=C(Cc1cc(F)cc(F)c1)C1CN2CCCC2CO1. The van der Waals surface area contributed by atoms with E-state index in [1.165, 1.54) is 12.1 Å². The number of morpholine rings is 1. The number of hydrogen-bond acceptors (Lipinski definition) is 3. The zero-order valence-corrected chi connectivity index (χ0v) is 11.1. The van der Waals surface area contributed by atoms with Gasteiger partial charge < -0.3 is 4.74 Å². The molecule has 0 radical (unpaired) electrons. The Balaban J connectivity index is 1.64. The number of benzene rings is 1. The third-order valence-electron chi connectivity index (χ3n) is 4.05. The van der Waals surface area contributed by atoms with Gasteiger partial charge in [-0.2, -0.15) is 0 Å². The minimum Gasteiger partial charge on any atom is -0.367 e. The summed E-state index contributed by atoms with van der Waals surface area (Å²) in [6, 6.07) is 3.64. The summed E-state index contributed by atoms with van der Waals surface area (Å²) in [4.78, 5) is 14.5. The van der Waals surface area contributed by atoms with E-state index >= 15 is 0 Å². The molecule has 2 aliphatic rings. The van der Waals surface area contributed by atoms with Gasteiger partial charge in [0.15, 0.2) is 5.78 Å². The molecule has 0 saturated carbocycles. The fourth-order valence-electron chi connectivity index (χ4n) is 3.04. The van der Waals surface area contributed by atoms with Crippen LogP contribution in [0.15, 0.2) is 18.2 Å². The molecule has 0 bridgehead atoms. The second-order valence-corrected chi connectivity index (χ2v) is 5.53. The number of carbonyl (C=O) groups excluding carboxylic acids is 1. The summed E-state index contributed by atoms with van der Waals surface area (Å²) in [6.07, 6.45) is 1.80. The first-order chi connectivity index (χ1) is 9.61. The fraction of sp³-hybridized carbons (Fsp3) is 0.533. The Morgan fingerprint density at radius 2 is 2.05 bits per heavy atom. The molecule has 0 N–H and O–H groups in total. The van der Waals surface area contributed by atoms with E-state index in [4.69, 9.17) is 4.74 Å². The van der Waals surface area contributed by atoms with E-state index < -0.39 is 17.7 Å². The molecule has 2 aliphatic heterocycles. The molecular weight excluding hydrogens is 264 g/mol. The predicted octanol–water partition coefficient (Wildman–Crippen LogP) is 1.94. The maximum Gasteiger partial charge on any atom is 0.167 e. The van der Waals surface area contributed by atoms with E-state index in [9.17, 15) is 13.6 Å². The van der Waals surface area contributed by atoms with Crippen LogP contribution in [-0.2, 0) is 16.0 Å². The zero-order chi connectivity index (χ0) is 14.1. The number of Topliss-reactive ketones (excluding diaryl/α,β-unsaturated/α-hetero) is 1. The van der Waals surface area contributed by atoms with Gasteiger partial charge in [-0.05, 0) is 37.1 Å². The zero-order valence-electron chi connectivity index (χ0n) is 11.1. The Kier molecular flexibility index (Phi) is 3.81. The van der Waals surface area contributed by atoms with Crippen LogP contribution in [0.2, 0.25) is 0 Å². The monoisotopic (exact) mass is 281 g/mol. The minimum absolute atomic E-state index is 0.0118. The van der Waals surface area contributed by atoms with Crippen LogP contribution in [0.1, 0.15) is 18.4 Å². The van der Waals surface area contributed by atoms with Crippen LogP contribution < -0.4 is 0 Å². The molecule has 2 fully saturated rings. The fourth-order valence-corrected chi connectivity index (χ4v) is 3.04. The van der Waals surface area contributed by atoms with Crippen LogP contribution in [0.4, 0.5) is 8.78 Å². The molecule has 1 aromatic carbocycles. The Morgan fingerprint density at radius 1 is 1.30 bits per heavy atom. The molecule has 3 nitrogen and oxygen atoms in total. The summed E-state index contributed by atoms with van der Waals surface area (Å²) in [7, 11) is 0. The largest absolute Gasteiger partial charge is 0.367 e. The average Bonchev–Trinajstić information content (AvgIpc) is 2.84. The van der Waals surface area contributed by atoms with Crippen molar-refractivity contribution < 1.29 is 18.3 Å². The standard InChI is InChI=1S/C15H17F2NO2/c16-11-4-10(5-12(17)7-11)6-14(19)15-8-18-3-1-2-13(18)9-20-15/h4-5,7,13,15H,1-3,6,8-9H2. The highest BCUT2D eigenvalue weighted by Crippen LogP contribution is 2.23. The van der Waals surface area contributed by atoms with Crippen LogP contribution >= 0.6 is 0 Å². The van der Waals surface area contributed by atoms with Crippen molar-refractivity contribution in [3.05, 3.63) is 35.4 Å². The van der Waals surface area contributed by atoms with Crippen LogP contribution in [0, 0.1) is 11.6 Å². The quantitative estimate of drug-likeness (QED) is 0.848. The van der Waals surface area contributed by atoms with Gasteiger partial charge in [-0.15, -0.1) is 0 Å². The molecule has 3 rings (SSSR count). The lowest BCUT2D eigenvalue weighted by atomic mass is 10.0. The number of rotatable bonds is 3. The number of carbonyl (C=O) groups is 1. The van der Waals surface area contributed by atoms with Crippen molar-refractivity contribution in [1.29, 1.82) is 0 Å². The number of nitrogens with zero attached hydrogens (tertiary/aromatic N) is 1. The van der Waals surface area contributed by atoms with Gasteiger partial charge in [-0.3, -0.25) is 9.69 Å². The summed E-state index contributed by atoms with van der Waals surface area (Å²) in [6.45, 7) is 2.18. The molecule has 0 aliphatic carbocycles. The Morgan fingerprint density at radius 3 is 2.80 bits per heavy atom. The van der Waals surface area contributed by atoms with Crippen molar-refractivity contribution in [2.45, 2.75) is 31.4 Å². The molecule has 2 saturated heterocycles. The number of fused-ring (bicyclic) bond motifs is 1. The van der Waals surface area contributed by atoms with Crippen LogP contribution in [0.3, 0.4) is 0 Å². The molecule has 0 amide bonds. The van der Waals surface area contributed by atoms with Gasteiger partial charge in [-0.1, -0.05) is 0 Å². The predicted molar refractivity (Wildman–Crippen MR) is 69.4 cm³/mol. The maximum absolute atomic E-state index is 13.1. The van der Waals surface area contributed by atoms with Gasteiger partial charge in [0.25, 0.3) is 0 Å². The minimum atomic E-state index is -0.656. The summed E-state index contributed by atoms with van der Waals surface area (Å²) < 4.78 is 31.8. The van der Waals surface area contributed by atoms with Crippen LogP contribution in [0.5, 0.6) is 0 Å². The molecule has 0 aromatic heterocycles. The lowest BCUT2D eigenvalue weighted by molar-refractivity contribution is -0.137. The second-order valence-electron chi connectivity index (χ2n) is 5.53.